The van der Waals surface area contributed by atoms with Crippen LogP contribution in [0.15, 0.2) is 12.3 Å². The highest BCUT2D eigenvalue weighted by Gasteiger charge is 2.28. The molecule has 0 N–H and O–H groups in total. The van der Waals surface area contributed by atoms with Gasteiger partial charge in [0.25, 0.3) is 5.92 Å². The van der Waals surface area contributed by atoms with E-state index in [-0.39, 0.29) is 16.3 Å². The van der Waals surface area contributed by atoms with Crippen molar-refractivity contribution >= 4 is 17.9 Å². The minimum Gasteiger partial charge on any atom is -0.296 e. The molecule has 0 bridgehead atoms. The van der Waals surface area contributed by atoms with Crippen LogP contribution < -0.4 is 0 Å². The van der Waals surface area contributed by atoms with Gasteiger partial charge in [0.05, 0.1) is 5.02 Å². The van der Waals surface area contributed by atoms with Crippen molar-refractivity contribution in [1.29, 1.82) is 0 Å². The van der Waals surface area contributed by atoms with Gasteiger partial charge in [-0.25, -0.2) is 8.78 Å². The number of pyridine rings is 1. The van der Waals surface area contributed by atoms with E-state index in [0.29, 0.717) is 13.2 Å². The number of rotatable bonds is 2. The van der Waals surface area contributed by atoms with Crippen molar-refractivity contribution in [3.05, 3.63) is 28.5 Å². The van der Waals surface area contributed by atoms with Crippen molar-refractivity contribution in [3.63, 3.8) is 0 Å². The van der Waals surface area contributed by atoms with Gasteiger partial charge in [0.15, 0.2) is 6.29 Å². The second-order valence-corrected chi connectivity index (χ2v) is 2.94. The zero-order valence-corrected chi connectivity index (χ0v) is 7.48. The fourth-order valence-electron chi connectivity index (χ4n) is 0.881. The molecule has 0 saturated heterocycles. The van der Waals surface area contributed by atoms with Crippen molar-refractivity contribution < 1.29 is 13.6 Å². The van der Waals surface area contributed by atoms with Gasteiger partial charge in [-0.05, 0) is 6.07 Å². The van der Waals surface area contributed by atoms with Crippen LogP contribution in [0, 0.1) is 0 Å². The lowest BCUT2D eigenvalue weighted by Gasteiger charge is -2.12. The molecule has 0 aromatic carbocycles. The highest BCUT2D eigenvalue weighted by Crippen LogP contribution is 2.33. The molecule has 1 aromatic rings. The van der Waals surface area contributed by atoms with Gasteiger partial charge in [-0.15, -0.1) is 0 Å². The molecule has 0 fully saturated rings. The summed E-state index contributed by atoms with van der Waals surface area (Å²) in [4.78, 5) is 13.9. The Bertz CT molecular complexity index is 335. The second-order valence-electron chi connectivity index (χ2n) is 2.56. The Kier molecular flexibility index (Phi) is 2.61. The summed E-state index contributed by atoms with van der Waals surface area (Å²) in [5.74, 6) is -3.06. The minimum atomic E-state index is -3.06. The van der Waals surface area contributed by atoms with Crippen LogP contribution in [0.2, 0.25) is 5.02 Å². The third kappa shape index (κ3) is 2.01. The lowest BCUT2D eigenvalue weighted by molar-refractivity contribution is 0.0175. The zero-order chi connectivity index (χ0) is 10.1. The molecule has 0 aliphatic rings. The Morgan fingerprint density at radius 3 is 2.69 bits per heavy atom. The number of carbonyl (C=O) groups is 1. The minimum absolute atomic E-state index is 0.166. The molecular weight excluding hydrogens is 200 g/mol. The fraction of sp³-hybridized carbons (Fsp3) is 0.250. The van der Waals surface area contributed by atoms with E-state index < -0.39 is 5.92 Å². The monoisotopic (exact) mass is 205 g/mol. The number of nitrogens with zero attached hydrogens (tertiary/aromatic N) is 1. The quantitative estimate of drug-likeness (QED) is 0.695. The molecule has 13 heavy (non-hydrogen) atoms. The van der Waals surface area contributed by atoms with E-state index in [9.17, 15) is 13.6 Å². The lowest BCUT2D eigenvalue weighted by atomic mass is 10.1. The Labute approximate surface area is 78.5 Å². The van der Waals surface area contributed by atoms with E-state index in [4.69, 9.17) is 11.6 Å². The van der Waals surface area contributed by atoms with E-state index in [2.05, 4.69) is 4.98 Å². The fourth-order valence-corrected chi connectivity index (χ4v) is 1.20. The number of hydrogen-bond acceptors (Lipinski definition) is 2. The van der Waals surface area contributed by atoms with Crippen LogP contribution in [-0.4, -0.2) is 11.3 Å². The topological polar surface area (TPSA) is 30.0 Å². The van der Waals surface area contributed by atoms with Crippen molar-refractivity contribution in [1.82, 2.24) is 4.98 Å². The number of carbonyl (C=O) groups excluding carboxylic acids is 1. The molecule has 0 aliphatic carbocycles. The highest BCUT2D eigenvalue weighted by molar-refractivity contribution is 6.33. The highest BCUT2D eigenvalue weighted by atomic mass is 35.5. The average molecular weight is 206 g/mol. The maximum Gasteiger partial charge on any atom is 0.272 e. The summed E-state index contributed by atoms with van der Waals surface area (Å²) in [6.07, 6.45) is 1.47. The molecule has 70 valence electrons. The first-order chi connectivity index (χ1) is 5.96. The van der Waals surface area contributed by atoms with Crippen LogP contribution in [0.3, 0.4) is 0 Å². The maximum absolute atomic E-state index is 12.8. The van der Waals surface area contributed by atoms with Gasteiger partial charge in [0.2, 0.25) is 0 Å². The molecule has 0 amide bonds. The van der Waals surface area contributed by atoms with Crippen molar-refractivity contribution in [2.24, 2.45) is 0 Å². The molecule has 0 saturated carbocycles. The summed E-state index contributed by atoms with van der Waals surface area (Å²) in [5, 5.41) is -0.287. The molecule has 0 unspecified atom stereocenters. The molecule has 0 aliphatic heterocycles. The van der Waals surface area contributed by atoms with Gasteiger partial charge >= 0.3 is 0 Å². The van der Waals surface area contributed by atoms with E-state index in [1.807, 2.05) is 0 Å². The van der Waals surface area contributed by atoms with Crippen LogP contribution in [-0.2, 0) is 5.92 Å². The van der Waals surface area contributed by atoms with Gasteiger partial charge < -0.3 is 0 Å². The van der Waals surface area contributed by atoms with Gasteiger partial charge in [-0.1, -0.05) is 11.6 Å². The van der Waals surface area contributed by atoms with E-state index in [1.54, 1.807) is 0 Å². The van der Waals surface area contributed by atoms with Crippen LogP contribution >= 0.6 is 11.6 Å². The third-order valence-corrected chi connectivity index (χ3v) is 1.90. The van der Waals surface area contributed by atoms with Gasteiger partial charge in [0.1, 0.15) is 5.69 Å². The summed E-state index contributed by atoms with van der Waals surface area (Å²) >= 11 is 5.52. The van der Waals surface area contributed by atoms with Gasteiger partial charge in [-0.3, -0.25) is 9.78 Å². The van der Waals surface area contributed by atoms with Crippen molar-refractivity contribution in [3.8, 4) is 0 Å². The van der Waals surface area contributed by atoms with E-state index >= 15 is 0 Å². The number of halogens is 3. The summed E-state index contributed by atoms with van der Waals surface area (Å²) in [6, 6.07) is 1.09. The lowest BCUT2D eigenvalue weighted by Crippen LogP contribution is -2.09. The molecule has 1 rings (SSSR count). The number of aldehydes is 1. The first-order valence-electron chi connectivity index (χ1n) is 3.45. The van der Waals surface area contributed by atoms with Crippen molar-refractivity contribution in [2.75, 3.05) is 0 Å². The molecule has 0 radical (unpaired) electrons. The second kappa shape index (κ2) is 3.38. The number of aromatic nitrogens is 1. The normalized spacial score (nSPS) is 11.4. The number of alkyl halides is 2. The first kappa shape index (κ1) is 10.1. The van der Waals surface area contributed by atoms with E-state index in [1.165, 1.54) is 0 Å². The van der Waals surface area contributed by atoms with Crippen molar-refractivity contribution in [2.45, 2.75) is 12.8 Å². The molecule has 1 aromatic heterocycles. The SMILES string of the molecule is CC(F)(F)c1ccnc(C=O)c1Cl. The Morgan fingerprint density at radius 2 is 2.23 bits per heavy atom. The molecule has 0 spiro atoms. The standard InChI is InChI=1S/C8H6ClF2NO/c1-8(10,11)5-2-3-12-6(4-13)7(5)9/h2-4H,1H3. The summed E-state index contributed by atoms with van der Waals surface area (Å²) in [5.41, 5.74) is -0.549. The zero-order valence-electron chi connectivity index (χ0n) is 6.72. The predicted molar refractivity (Wildman–Crippen MR) is 44.2 cm³/mol. The third-order valence-electron chi connectivity index (χ3n) is 1.50. The van der Waals surface area contributed by atoms with Gasteiger partial charge in [0, 0.05) is 18.7 Å². The smallest absolute Gasteiger partial charge is 0.272 e. The van der Waals surface area contributed by atoms with Crippen LogP contribution in [0.5, 0.6) is 0 Å². The van der Waals surface area contributed by atoms with Crippen LogP contribution in [0.25, 0.3) is 0 Å². The van der Waals surface area contributed by atoms with Crippen LogP contribution in [0.1, 0.15) is 23.0 Å². The Hall–Kier alpha value is -1.03. The maximum atomic E-state index is 12.8. The van der Waals surface area contributed by atoms with Crippen LogP contribution in [0.4, 0.5) is 8.78 Å². The van der Waals surface area contributed by atoms with E-state index in [0.717, 1.165) is 12.3 Å². The first-order valence-corrected chi connectivity index (χ1v) is 3.82. The molecular formula is C8H6ClF2NO. The Balaban J connectivity index is 3.32. The summed E-state index contributed by atoms with van der Waals surface area (Å²) in [7, 11) is 0. The largest absolute Gasteiger partial charge is 0.296 e. The average Bonchev–Trinajstić information content (AvgIpc) is 2.02. The molecule has 5 heteroatoms. The van der Waals surface area contributed by atoms with Gasteiger partial charge in [-0.2, -0.15) is 0 Å². The molecule has 0 atom stereocenters. The molecule has 2 nitrogen and oxygen atoms in total. The summed E-state index contributed by atoms with van der Waals surface area (Å²) in [6.45, 7) is 0.711. The predicted octanol–water partition coefficient (Wildman–Crippen LogP) is 2.66. The number of hydrogen-bond donors (Lipinski definition) is 0. The summed E-state index contributed by atoms with van der Waals surface area (Å²) < 4.78 is 25.6. The Morgan fingerprint density at radius 1 is 1.62 bits per heavy atom. The molecule has 1 heterocycles.